The lowest BCUT2D eigenvalue weighted by Gasteiger charge is -2.33. The maximum atomic E-state index is 12.4. The number of pyridine rings is 1. The van der Waals surface area contributed by atoms with Crippen LogP contribution in [0.4, 0.5) is 0 Å². The second kappa shape index (κ2) is 7.29. The molecule has 1 aliphatic rings. The third-order valence-electron chi connectivity index (χ3n) is 5.67. The SMILES string of the molecule is Cc1ccc2[nH]c(=O)c(CN3CCC([C@H](O)c4nccn4C)CC3)cc2c1. The molecule has 1 aromatic carbocycles. The fraction of sp³-hybridized carbons (Fsp3) is 0.429. The zero-order chi connectivity index (χ0) is 19.0. The van der Waals surface area contributed by atoms with Gasteiger partial charge in [0.25, 0.3) is 5.56 Å². The first-order valence-electron chi connectivity index (χ1n) is 9.51. The quantitative estimate of drug-likeness (QED) is 0.744. The molecule has 1 saturated heterocycles. The second-order valence-electron chi connectivity index (χ2n) is 7.67. The number of likely N-dealkylation sites (tertiary alicyclic amines) is 1. The van der Waals surface area contributed by atoms with Crippen LogP contribution in [0.5, 0.6) is 0 Å². The number of nitrogens with one attached hydrogen (secondary N) is 1. The van der Waals surface area contributed by atoms with Crippen LogP contribution >= 0.6 is 0 Å². The molecule has 6 nitrogen and oxygen atoms in total. The van der Waals surface area contributed by atoms with Crippen LogP contribution in [-0.2, 0) is 13.6 Å². The number of aliphatic hydroxyl groups excluding tert-OH is 1. The van der Waals surface area contributed by atoms with Crippen molar-refractivity contribution in [3.63, 3.8) is 0 Å². The summed E-state index contributed by atoms with van der Waals surface area (Å²) in [6.07, 6.45) is 4.86. The Balaban J connectivity index is 1.43. The zero-order valence-corrected chi connectivity index (χ0v) is 15.9. The van der Waals surface area contributed by atoms with Gasteiger partial charge in [-0.3, -0.25) is 9.69 Å². The van der Waals surface area contributed by atoms with E-state index in [0.29, 0.717) is 6.54 Å². The van der Waals surface area contributed by atoms with Crippen molar-refractivity contribution in [1.82, 2.24) is 19.4 Å². The van der Waals surface area contributed by atoms with Crippen molar-refractivity contribution >= 4 is 10.9 Å². The largest absolute Gasteiger partial charge is 0.385 e. The van der Waals surface area contributed by atoms with E-state index in [1.807, 2.05) is 36.0 Å². The number of benzene rings is 1. The van der Waals surface area contributed by atoms with Crippen LogP contribution in [0.25, 0.3) is 10.9 Å². The van der Waals surface area contributed by atoms with Gasteiger partial charge in [-0.2, -0.15) is 0 Å². The molecule has 2 N–H and O–H groups in total. The van der Waals surface area contributed by atoms with E-state index >= 15 is 0 Å². The summed E-state index contributed by atoms with van der Waals surface area (Å²) in [7, 11) is 1.91. The number of aliphatic hydroxyl groups is 1. The van der Waals surface area contributed by atoms with E-state index in [0.717, 1.165) is 48.2 Å². The average Bonchev–Trinajstić information content (AvgIpc) is 3.09. The number of aromatic amines is 1. The summed E-state index contributed by atoms with van der Waals surface area (Å²) >= 11 is 0. The molecule has 27 heavy (non-hydrogen) atoms. The highest BCUT2D eigenvalue weighted by molar-refractivity contribution is 5.79. The molecule has 3 aromatic rings. The van der Waals surface area contributed by atoms with Gasteiger partial charge in [-0.05, 0) is 62.4 Å². The van der Waals surface area contributed by atoms with E-state index in [-0.39, 0.29) is 11.5 Å². The monoisotopic (exact) mass is 366 g/mol. The minimum Gasteiger partial charge on any atom is -0.385 e. The number of fused-ring (bicyclic) bond motifs is 1. The molecule has 3 heterocycles. The van der Waals surface area contributed by atoms with Crippen LogP contribution in [0.3, 0.4) is 0 Å². The highest BCUT2D eigenvalue weighted by Crippen LogP contribution is 2.30. The first-order valence-corrected chi connectivity index (χ1v) is 9.51. The summed E-state index contributed by atoms with van der Waals surface area (Å²) in [5, 5.41) is 11.7. The number of H-pyrrole nitrogens is 1. The Morgan fingerprint density at radius 2 is 2.07 bits per heavy atom. The number of aryl methyl sites for hydroxylation is 2. The minimum absolute atomic E-state index is 0.0125. The molecule has 0 unspecified atom stereocenters. The smallest absolute Gasteiger partial charge is 0.252 e. The molecule has 1 fully saturated rings. The van der Waals surface area contributed by atoms with E-state index in [9.17, 15) is 9.90 Å². The molecule has 0 spiro atoms. The molecule has 0 aliphatic carbocycles. The molecule has 1 atom stereocenters. The van der Waals surface area contributed by atoms with E-state index < -0.39 is 6.10 Å². The van der Waals surface area contributed by atoms with Gasteiger partial charge in [0.2, 0.25) is 0 Å². The van der Waals surface area contributed by atoms with E-state index in [4.69, 9.17) is 0 Å². The molecule has 2 aromatic heterocycles. The topological polar surface area (TPSA) is 74.2 Å². The number of piperidine rings is 1. The van der Waals surface area contributed by atoms with E-state index in [1.54, 1.807) is 6.20 Å². The molecule has 0 radical (unpaired) electrons. The Morgan fingerprint density at radius 1 is 1.30 bits per heavy atom. The first kappa shape index (κ1) is 17.9. The lowest BCUT2D eigenvalue weighted by molar-refractivity contribution is 0.0491. The summed E-state index contributed by atoms with van der Waals surface area (Å²) in [5.74, 6) is 0.940. The van der Waals surface area contributed by atoms with Gasteiger partial charge in [0.05, 0.1) is 0 Å². The van der Waals surface area contributed by atoms with Crippen LogP contribution in [0.1, 0.15) is 35.9 Å². The highest BCUT2D eigenvalue weighted by Gasteiger charge is 2.28. The molecular weight excluding hydrogens is 340 g/mol. The van der Waals surface area contributed by atoms with Gasteiger partial charge in [0, 0.05) is 37.1 Å². The fourth-order valence-corrected chi connectivity index (χ4v) is 4.03. The van der Waals surface area contributed by atoms with Crippen LogP contribution in [0.2, 0.25) is 0 Å². The van der Waals surface area contributed by atoms with Crippen molar-refractivity contribution in [2.24, 2.45) is 13.0 Å². The lowest BCUT2D eigenvalue weighted by Crippen LogP contribution is -2.36. The number of imidazole rings is 1. The normalized spacial score (nSPS) is 17.4. The van der Waals surface area contributed by atoms with Crippen molar-refractivity contribution in [2.45, 2.75) is 32.4 Å². The Hall–Kier alpha value is -2.44. The van der Waals surface area contributed by atoms with Gasteiger partial charge in [0.1, 0.15) is 11.9 Å². The van der Waals surface area contributed by atoms with Gasteiger partial charge < -0.3 is 14.7 Å². The highest BCUT2D eigenvalue weighted by atomic mass is 16.3. The van der Waals surface area contributed by atoms with Crippen molar-refractivity contribution in [2.75, 3.05) is 13.1 Å². The molecule has 0 amide bonds. The first-order chi connectivity index (χ1) is 13.0. The van der Waals surface area contributed by atoms with Crippen LogP contribution in [-0.4, -0.2) is 37.6 Å². The summed E-state index contributed by atoms with van der Waals surface area (Å²) in [4.78, 5) is 22.0. The average molecular weight is 366 g/mol. The summed E-state index contributed by atoms with van der Waals surface area (Å²) in [5.41, 5.74) is 2.86. The third kappa shape index (κ3) is 3.68. The Bertz CT molecular complexity index is 999. The number of hydrogen-bond donors (Lipinski definition) is 2. The lowest BCUT2D eigenvalue weighted by atomic mass is 9.90. The summed E-state index contributed by atoms with van der Waals surface area (Å²) in [6.45, 7) is 4.45. The Kier molecular flexibility index (Phi) is 4.85. The maximum Gasteiger partial charge on any atom is 0.252 e. The van der Waals surface area contributed by atoms with Gasteiger partial charge in [0.15, 0.2) is 0 Å². The molecule has 0 saturated carbocycles. The number of nitrogens with zero attached hydrogens (tertiary/aromatic N) is 3. The predicted octanol–water partition coefficient (Wildman–Crippen LogP) is 2.52. The van der Waals surface area contributed by atoms with Crippen LogP contribution < -0.4 is 5.56 Å². The van der Waals surface area contributed by atoms with Crippen molar-refractivity contribution in [1.29, 1.82) is 0 Å². The fourth-order valence-electron chi connectivity index (χ4n) is 4.03. The Morgan fingerprint density at radius 3 is 2.78 bits per heavy atom. The van der Waals surface area contributed by atoms with Gasteiger partial charge in [-0.15, -0.1) is 0 Å². The number of aromatic nitrogens is 3. The number of rotatable bonds is 4. The van der Waals surface area contributed by atoms with Crippen LogP contribution in [0.15, 0.2) is 41.5 Å². The van der Waals surface area contributed by atoms with E-state index in [2.05, 4.69) is 27.9 Å². The van der Waals surface area contributed by atoms with Crippen molar-refractivity contribution < 1.29 is 5.11 Å². The van der Waals surface area contributed by atoms with Crippen molar-refractivity contribution in [3.05, 3.63) is 64.0 Å². The number of hydrogen-bond acceptors (Lipinski definition) is 4. The molecule has 4 rings (SSSR count). The zero-order valence-electron chi connectivity index (χ0n) is 15.9. The summed E-state index contributed by atoms with van der Waals surface area (Å²) < 4.78 is 1.88. The molecular formula is C21H26N4O2. The standard InChI is InChI=1S/C21H26N4O2/c1-14-3-4-18-16(11-14)12-17(21(27)23-18)13-25-8-5-15(6-9-25)19(26)20-22-7-10-24(20)2/h3-4,7,10-12,15,19,26H,5-6,8-9,13H2,1-2H3,(H,23,27)/t19-/m0/s1. The van der Waals surface area contributed by atoms with Crippen molar-refractivity contribution in [3.8, 4) is 0 Å². The molecule has 1 aliphatic heterocycles. The Labute approximate surface area is 158 Å². The van der Waals surface area contributed by atoms with Gasteiger partial charge >= 0.3 is 0 Å². The summed E-state index contributed by atoms with van der Waals surface area (Å²) in [6, 6.07) is 8.08. The molecule has 0 bridgehead atoms. The second-order valence-corrected chi connectivity index (χ2v) is 7.67. The predicted molar refractivity (Wildman–Crippen MR) is 105 cm³/mol. The van der Waals surface area contributed by atoms with Gasteiger partial charge in [-0.1, -0.05) is 11.6 Å². The molecule has 142 valence electrons. The van der Waals surface area contributed by atoms with Crippen LogP contribution in [0, 0.1) is 12.8 Å². The van der Waals surface area contributed by atoms with Gasteiger partial charge in [-0.25, -0.2) is 4.98 Å². The third-order valence-corrected chi connectivity index (χ3v) is 5.67. The maximum absolute atomic E-state index is 12.4. The van der Waals surface area contributed by atoms with E-state index in [1.165, 1.54) is 5.56 Å². The minimum atomic E-state index is -0.529. The molecule has 6 heteroatoms.